The quantitative estimate of drug-likeness (QED) is 0.758. The normalized spacial score (nSPS) is 19.2. The van der Waals surface area contributed by atoms with Gasteiger partial charge in [0.15, 0.2) is 5.17 Å². The van der Waals surface area contributed by atoms with Crippen LogP contribution < -0.4 is 10.1 Å². The van der Waals surface area contributed by atoms with Crippen LogP contribution in [-0.2, 0) is 16.0 Å². The first-order valence-corrected chi connectivity index (χ1v) is 8.97. The highest BCUT2D eigenvalue weighted by atomic mass is 32.2. The summed E-state index contributed by atoms with van der Waals surface area (Å²) in [6, 6.07) is 7.93. The number of rotatable bonds is 7. The van der Waals surface area contributed by atoms with Gasteiger partial charge in [-0.2, -0.15) is 0 Å². The topological polar surface area (TPSA) is 71.0 Å². The number of hydrogen-bond acceptors (Lipinski definition) is 5. The first-order valence-electron chi connectivity index (χ1n) is 8.09. The number of aliphatic imine (C=N–C) groups is 1. The van der Waals surface area contributed by atoms with Gasteiger partial charge in [0.1, 0.15) is 11.0 Å². The van der Waals surface area contributed by atoms with Crippen molar-refractivity contribution in [1.29, 1.82) is 0 Å². The van der Waals surface area contributed by atoms with Crippen molar-refractivity contribution in [3.8, 4) is 5.75 Å². The smallest absolute Gasteiger partial charge is 0.242 e. The van der Waals surface area contributed by atoms with Gasteiger partial charge in [-0.05, 0) is 30.5 Å². The summed E-state index contributed by atoms with van der Waals surface area (Å²) >= 11 is 1.41. The van der Waals surface area contributed by atoms with Gasteiger partial charge in [-0.1, -0.05) is 23.9 Å². The van der Waals surface area contributed by atoms with Gasteiger partial charge in [0.2, 0.25) is 11.8 Å². The third-order valence-corrected chi connectivity index (χ3v) is 5.30. The first kappa shape index (κ1) is 16.8. The van der Waals surface area contributed by atoms with E-state index in [1.54, 1.807) is 12.0 Å². The summed E-state index contributed by atoms with van der Waals surface area (Å²) in [5.74, 6) is 0.790. The van der Waals surface area contributed by atoms with E-state index in [2.05, 4.69) is 10.3 Å². The minimum Gasteiger partial charge on any atom is -0.497 e. The highest BCUT2D eigenvalue weighted by Crippen LogP contribution is 2.31. The zero-order chi connectivity index (χ0) is 16.9. The second kappa shape index (κ2) is 7.70. The highest BCUT2D eigenvalue weighted by molar-refractivity contribution is 8.15. The van der Waals surface area contributed by atoms with Gasteiger partial charge in [0, 0.05) is 19.5 Å². The van der Waals surface area contributed by atoms with E-state index < -0.39 is 0 Å². The maximum absolute atomic E-state index is 12.1. The summed E-state index contributed by atoms with van der Waals surface area (Å²) in [7, 11) is 1.65. The summed E-state index contributed by atoms with van der Waals surface area (Å²) in [4.78, 5) is 30.1. The molecule has 0 bridgehead atoms. The largest absolute Gasteiger partial charge is 0.497 e. The van der Waals surface area contributed by atoms with E-state index in [0.717, 1.165) is 23.8 Å². The number of methoxy groups -OCH3 is 1. The number of fused-ring (bicyclic) bond motifs is 1. The molecule has 7 heteroatoms. The Balaban J connectivity index is 1.36. The van der Waals surface area contributed by atoms with Crippen molar-refractivity contribution < 1.29 is 14.3 Å². The van der Waals surface area contributed by atoms with Gasteiger partial charge in [-0.15, -0.1) is 0 Å². The van der Waals surface area contributed by atoms with Gasteiger partial charge >= 0.3 is 0 Å². The number of benzene rings is 1. The van der Waals surface area contributed by atoms with Gasteiger partial charge in [0.25, 0.3) is 0 Å². The Morgan fingerprint density at radius 1 is 1.42 bits per heavy atom. The molecule has 1 aromatic carbocycles. The third kappa shape index (κ3) is 3.90. The Bertz CT molecular complexity index is 645. The number of nitrogens with zero attached hydrogens (tertiary/aromatic N) is 2. The molecule has 1 atom stereocenters. The summed E-state index contributed by atoms with van der Waals surface area (Å²) < 4.78 is 5.13. The summed E-state index contributed by atoms with van der Waals surface area (Å²) in [6.45, 7) is 1.95. The average Bonchev–Trinajstić information content (AvgIpc) is 3.16. The molecule has 1 fully saturated rings. The van der Waals surface area contributed by atoms with Gasteiger partial charge in [0.05, 0.1) is 13.7 Å². The van der Waals surface area contributed by atoms with Gasteiger partial charge < -0.3 is 10.1 Å². The maximum Gasteiger partial charge on any atom is 0.242 e. The lowest BCUT2D eigenvalue weighted by Crippen LogP contribution is -2.34. The molecule has 0 spiro atoms. The van der Waals surface area contributed by atoms with E-state index >= 15 is 0 Å². The maximum atomic E-state index is 12.1. The number of thioether (sulfide) groups is 1. The molecule has 1 aromatic rings. The number of ether oxygens (including phenoxy) is 1. The molecule has 0 aromatic heterocycles. The Kier molecular flexibility index (Phi) is 5.40. The zero-order valence-electron chi connectivity index (χ0n) is 13.7. The van der Waals surface area contributed by atoms with Crippen LogP contribution in [0.3, 0.4) is 0 Å². The molecule has 2 amide bonds. The molecule has 24 heavy (non-hydrogen) atoms. The van der Waals surface area contributed by atoms with Crippen molar-refractivity contribution in [2.75, 3.05) is 26.7 Å². The lowest BCUT2D eigenvalue weighted by molar-refractivity contribution is -0.129. The number of aryl methyl sites for hydroxylation is 1. The fourth-order valence-electron chi connectivity index (χ4n) is 2.77. The van der Waals surface area contributed by atoms with E-state index in [-0.39, 0.29) is 23.5 Å². The monoisotopic (exact) mass is 347 g/mol. The molecule has 6 nitrogen and oxygen atoms in total. The number of amides is 2. The molecule has 128 valence electrons. The van der Waals surface area contributed by atoms with Crippen LogP contribution in [0, 0.1) is 0 Å². The molecule has 1 saturated heterocycles. The van der Waals surface area contributed by atoms with Crippen LogP contribution >= 0.6 is 11.8 Å². The predicted octanol–water partition coefficient (Wildman–Crippen LogP) is 1.45. The number of hydrogen-bond donors (Lipinski definition) is 1. The molecule has 0 saturated carbocycles. The fourth-order valence-corrected chi connectivity index (χ4v) is 3.96. The third-order valence-electron chi connectivity index (χ3n) is 4.08. The van der Waals surface area contributed by atoms with Crippen LogP contribution in [0.25, 0.3) is 0 Å². The molecule has 3 rings (SSSR count). The van der Waals surface area contributed by atoms with Crippen LogP contribution in [0.2, 0.25) is 0 Å². The Morgan fingerprint density at radius 3 is 2.92 bits per heavy atom. The van der Waals surface area contributed by atoms with Crippen molar-refractivity contribution in [2.45, 2.75) is 24.5 Å². The van der Waals surface area contributed by atoms with E-state index in [9.17, 15) is 9.59 Å². The molecular formula is C17H21N3O3S. The average molecular weight is 347 g/mol. The van der Waals surface area contributed by atoms with Crippen LogP contribution in [-0.4, -0.2) is 53.9 Å². The molecule has 0 aliphatic carbocycles. The fraction of sp³-hybridized carbons (Fsp3) is 0.471. The van der Waals surface area contributed by atoms with Crippen molar-refractivity contribution in [1.82, 2.24) is 10.2 Å². The Labute approximate surface area is 145 Å². The zero-order valence-corrected chi connectivity index (χ0v) is 14.5. The number of nitrogens with one attached hydrogen (secondary N) is 1. The summed E-state index contributed by atoms with van der Waals surface area (Å²) in [6.07, 6.45) is 1.98. The number of carbonyl (C=O) groups excluding carboxylic acids is 2. The van der Waals surface area contributed by atoms with E-state index in [0.29, 0.717) is 19.6 Å². The summed E-state index contributed by atoms with van der Waals surface area (Å²) in [5.41, 5.74) is 1.21. The Hall–Kier alpha value is -2.02. The van der Waals surface area contributed by atoms with E-state index in [1.165, 1.54) is 17.3 Å². The number of amidine groups is 1. The molecule has 1 N–H and O–H groups in total. The SMILES string of the molecule is COc1ccc(CCCNC(=O)C[C@H]2SC3=NCCN3C2=O)cc1. The van der Waals surface area contributed by atoms with Crippen molar-refractivity contribution >= 4 is 28.7 Å². The van der Waals surface area contributed by atoms with Crippen LogP contribution in [0.5, 0.6) is 5.75 Å². The second-order valence-electron chi connectivity index (χ2n) is 5.77. The van der Waals surface area contributed by atoms with E-state index in [4.69, 9.17) is 4.74 Å². The van der Waals surface area contributed by atoms with Crippen LogP contribution in [0.15, 0.2) is 29.3 Å². The van der Waals surface area contributed by atoms with Crippen molar-refractivity contribution in [3.63, 3.8) is 0 Å². The standard InChI is InChI=1S/C17H21N3O3S/c1-23-13-6-4-12(5-7-13)3-2-8-18-15(21)11-14-16(22)20-10-9-19-17(20)24-14/h4-7,14H,2-3,8-11H2,1H3,(H,18,21)/t14-/m1/s1. The number of carbonyl (C=O) groups is 2. The lowest BCUT2D eigenvalue weighted by atomic mass is 10.1. The summed E-state index contributed by atoms with van der Waals surface area (Å²) in [5, 5.41) is 3.36. The molecule has 0 radical (unpaired) electrons. The Morgan fingerprint density at radius 2 is 2.21 bits per heavy atom. The molecule has 2 aliphatic rings. The van der Waals surface area contributed by atoms with Crippen LogP contribution in [0.4, 0.5) is 0 Å². The molecule has 2 heterocycles. The molecule has 2 aliphatic heterocycles. The minimum atomic E-state index is -0.314. The molecule has 0 unspecified atom stereocenters. The van der Waals surface area contributed by atoms with Crippen molar-refractivity contribution in [2.24, 2.45) is 4.99 Å². The van der Waals surface area contributed by atoms with E-state index in [1.807, 2.05) is 24.3 Å². The first-order chi connectivity index (χ1) is 11.7. The van der Waals surface area contributed by atoms with Crippen LogP contribution in [0.1, 0.15) is 18.4 Å². The predicted molar refractivity (Wildman–Crippen MR) is 94.3 cm³/mol. The minimum absolute atomic E-state index is 0.0182. The van der Waals surface area contributed by atoms with Crippen molar-refractivity contribution in [3.05, 3.63) is 29.8 Å². The highest BCUT2D eigenvalue weighted by Gasteiger charge is 2.40. The molecular weight excluding hydrogens is 326 g/mol. The second-order valence-corrected chi connectivity index (χ2v) is 6.94. The van der Waals surface area contributed by atoms with Gasteiger partial charge in [-0.3, -0.25) is 19.5 Å². The lowest BCUT2D eigenvalue weighted by Gasteiger charge is -2.10. The van der Waals surface area contributed by atoms with Gasteiger partial charge in [-0.25, -0.2) is 0 Å².